The Kier molecular flexibility index (Phi) is 4.28. The molecule has 0 N–H and O–H groups in total. The molecule has 1 aliphatic heterocycles. The van der Waals surface area contributed by atoms with Gasteiger partial charge in [-0.15, -0.1) is 0 Å². The van der Waals surface area contributed by atoms with Crippen LogP contribution in [0.4, 0.5) is 5.69 Å². The average Bonchev–Trinajstić information content (AvgIpc) is 2.77. The van der Waals surface area contributed by atoms with E-state index in [1.807, 2.05) is 6.07 Å². The minimum absolute atomic E-state index is 0.399. The van der Waals surface area contributed by atoms with Crippen molar-refractivity contribution in [1.29, 1.82) is 0 Å². The first kappa shape index (κ1) is 14.2. The smallest absolute Gasteiger partial charge is 0.0410 e. The fourth-order valence-electron chi connectivity index (χ4n) is 2.66. The molecule has 1 atom stereocenters. The van der Waals surface area contributed by atoms with Crippen molar-refractivity contribution in [3.8, 4) is 0 Å². The zero-order valence-corrected chi connectivity index (χ0v) is 13.7. The highest BCUT2D eigenvalue weighted by molar-refractivity contribution is 9.08. The summed E-state index contributed by atoms with van der Waals surface area (Å²) >= 11 is 9.62. The molecule has 100 valence electrons. The van der Waals surface area contributed by atoms with Crippen molar-refractivity contribution in [3.63, 3.8) is 0 Å². The molecule has 1 nitrogen and oxygen atoms in total. The number of alkyl halides is 1. The third-order valence-electron chi connectivity index (χ3n) is 3.94. The van der Waals surface area contributed by atoms with Crippen molar-refractivity contribution in [1.82, 2.24) is 0 Å². The van der Waals surface area contributed by atoms with Gasteiger partial charge in [0.15, 0.2) is 0 Å². The van der Waals surface area contributed by atoms with Gasteiger partial charge in [0.2, 0.25) is 0 Å². The van der Waals surface area contributed by atoms with Crippen LogP contribution in [0, 0.1) is 11.3 Å². The highest BCUT2D eigenvalue weighted by Crippen LogP contribution is 2.37. The van der Waals surface area contributed by atoms with E-state index >= 15 is 0 Å². The Morgan fingerprint density at radius 1 is 1.39 bits per heavy atom. The lowest BCUT2D eigenvalue weighted by Gasteiger charge is -2.28. The average molecular weight is 331 g/mol. The first-order valence-corrected chi connectivity index (χ1v) is 8.01. The summed E-state index contributed by atoms with van der Waals surface area (Å²) in [7, 11) is 0. The summed E-state index contributed by atoms with van der Waals surface area (Å²) in [6.45, 7) is 9.34. The molecule has 0 radical (unpaired) electrons. The lowest BCUT2D eigenvalue weighted by Crippen LogP contribution is -2.26. The maximum absolute atomic E-state index is 6.06. The van der Waals surface area contributed by atoms with E-state index in [2.05, 4.69) is 53.7 Å². The monoisotopic (exact) mass is 329 g/mol. The Labute approximate surface area is 124 Å². The third-order valence-corrected chi connectivity index (χ3v) is 4.78. The van der Waals surface area contributed by atoms with Crippen LogP contribution in [0.1, 0.15) is 32.8 Å². The van der Waals surface area contributed by atoms with Gasteiger partial charge in [0.05, 0.1) is 0 Å². The predicted molar refractivity (Wildman–Crippen MR) is 83.9 cm³/mol. The summed E-state index contributed by atoms with van der Waals surface area (Å²) in [6, 6.07) is 6.22. The maximum Gasteiger partial charge on any atom is 0.0410 e. The minimum Gasteiger partial charge on any atom is -0.371 e. The molecule has 0 spiro atoms. The molecule has 0 aliphatic carbocycles. The number of rotatable bonds is 2. The van der Waals surface area contributed by atoms with Crippen LogP contribution >= 0.6 is 27.5 Å². The number of anilines is 1. The van der Waals surface area contributed by atoms with Crippen LogP contribution in [0.3, 0.4) is 0 Å². The second-order valence-corrected chi connectivity index (χ2v) is 7.20. The van der Waals surface area contributed by atoms with Crippen LogP contribution < -0.4 is 4.90 Å². The molecular weight excluding hydrogens is 310 g/mol. The van der Waals surface area contributed by atoms with Gasteiger partial charge in [-0.25, -0.2) is 0 Å². The molecule has 3 heteroatoms. The van der Waals surface area contributed by atoms with E-state index in [4.69, 9.17) is 11.6 Å². The lowest BCUT2D eigenvalue weighted by atomic mass is 9.80. The second kappa shape index (κ2) is 5.42. The molecule has 0 saturated carbocycles. The fourth-order valence-corrected chi connectivity index (χ4v) is 3.30. The van der Waals surface area contributed by atoms with Crippen molar-refractivity contribution < 1.29 is 0 Å². The predicted octanol–water partition coefficient (Wildman–Crippen LogP) is 5.11. The van der Waals surface area contributed by atoms with Crippen molar-refractivity contribution in [2.45, 2.75) is 32.5 Å². The number of hydrogen-bond donors (Lipinski definition) is 0. The molecule has 1 heterocycles. The zero-order valence-electron chi connectivity index (χ0n) is 11.3. The molecule has 1 saturated heterocycles. The summed E-state index contributed by atoms with van der Waals surface area (Å²) < 4.78 is 0. The highest BCUT2D eigenvalue weighted by Gasteiger charge is 2.32. The molecule has 1 unspecified atom stereocenters. The van der Waals surface area contributed by atoms with Crippen LogP contribution in [-0.2, 0) is 5.33 Å². The van der Waals surface area contributed by atoms with E-state index in [9.17, 15) is 0 Å². The Balaban J connectivity index is 2.19. The molecule has 0 aromatic heterocycles. The molecule has 2 rings (SSSR count). The number of hydrogen-bond acceptors (Lipinski definition) is 1. The van der Waals surface area contributed by atoms with E-state index < -0.39 is 0 Å². The Morgan fingerprint density at radius 3 is 2.67 bits per heavy atom. The Hall–Kier alpha value is -0.210. The molecule has 1 aromatic rings. The largest absolute Gasteiger partial charge is 0.371 e. The summed E-state index contributed by atoms with van der Waals surface area (Å²) in [5.41, 5.74) is 3.02. The van der Waals surface area contributed by atoms with Crippen LogP contribution in [0.25, 0.3) is 0 Å². The van der Waals surface area contributed by atoms with Crippen LogP contribution in [-0.4, -0.2) is 13.1 Å². The first-order chi connectivity index (χ1) is 8.41. The maximum atomic E-state index is 6.06. The SMILES string of the molecule is CC(C)(C)C1CCN(c2ccc(Cl)cc2CBr)C1. The Morgan fingerprint density at radius 2 is 2.11 bits per heavy atom. The molecule has 0 bridgehead atoms. The van der Waals surface area contributed by atoms with Gasteiger partial charge in [0.1, 0.15) is 0 Å². The van der Waals surface area contributed by atoms with Gasteiger partial charge in [0, 0.05) is 29.1 Å². The highest BCUT2D eigenvalue weighted by atomic mass is 79.9. The van der Waals surface area contributed by atoms with E-state index in [1.165, 1.54) is 17.7 Å². The number of benzene rings is 1. The molecule has 1 fully saturated rings. The van der Waals surface area contributed by atoms with Gasteiger partial charge < -0.3 is 4.90 Å². The second-order valence-electron chi connectivity index (χ2n) is 6.20. The standard InChI is InChI=1S/C15H21BrClN/c1-15(2,3)12-6-7-18(10-12)14-5-4-13(17)8-11(14)9-16/h4-5,8,12H,6-7,9-10H2,1-3H3. The molecule has 18 heavy (non-hydrogen) atoms. The van der Waals surface area contributed by atoms with Gasteiger partial charge in [0.25, 0.3) is 0 Å². The summed E-state index contributed by atoms with van der Waals surface area (Å²) in [6.07, 6.45) is 1.29. The molecule has 1 aliphatic rings. The van der Waals surface area contributed by atoms with Crippen molar-refractivity contribution >= 4 is 33.2 Å². The minimum atomic E-state index is 0.399. The molecule has 1 aromatic carbocycles. The van der Waals surface area contributed by atoms with E-state index in [1.54, 1.807) is 0 Å². The zero-order chi connectivity index (χ0) is 13.3. The number of nitrogens with zero attached hydrogens (tertiary/aromatic N) is 1. The van der Waals surface area contributed by atoms with E-state index in [-0.39, 0.29) is 0 Å². The van der Waals surface area contributed by atoms with E-state index in [0.717, 1.165) is 29.4 Å². The van der Waals surface area contributed by atoms with Crippen LogP contribution in [0.5, 0.6) is 0 Å². The Bertz CT molecular complexity index is 425. The summed E-state index contributed by atoms with van der Waals surface area (Å²) in [5.74, 6) is 0.774. The molecule has 0 amide bonds. The summed E-state index contributed by atoms with van der Waals surface area (Å²) in [4.78, 5) is 2.50. The van der Waals surface area contributed by atoms with Gasteiger partial charge in [-0.1, -0.05) is 48.3 Å². The van der Waals surface area contributed by atoms with Crippen molar-refractivity contribution in [3.05, 3.63) is 28.8 Å². The third kappa shape index (κ3) is 3.03. The number of halogens is 2. The van der Waals surface area contributed by atoms with Gasteiger partial charge in [-0.3, -0.25) is 0 Å². The van der Waals surface area contributed by atoms with Crippen LogP contribution in [0.15, 0.2) is 18.2 Å². The fraction of sp³-hybridized carbons (Fsp3) is 0.600. The van der Waals surface area contributed by atoms with Crippen molar-refractivity contribution in [2.24, 2.45) is 11.3 Å². The molecular formula is C15H21BrClN. The summed E-state index contributed by atoms with van der Waals surface area (Å²) in [5, 5.41) is 1.68. The first-order valence-electron chi connectivity index (χ1n) is 6.51. The normalized spacial score (nSPS) is 20.5. The lowest BCUT2D eigenvalue weighted by molar-refractivity contribution is 0.263. The quantitative estimate of drug-likeness (QED) is 0.681. The topological polar surface area (TPSA) is 3.24 Å². The van der Waals surface area contributed by atoms with Gasteiger partial charge in [-0.05, 0) is 41.5 Å². The van der Waals surface area contributed by atoms with Crippen LogP contribution in [0.2, 0.25) is 5.02 Å². The van der Waals surface area contributed by atoms with Gasteiger partial charge >= 0.3 is 0 Å². The van der Waals surface area contributed by atoms with E-state index in [0.29, 0.717) is 5.41 Å². The van der Waals surface area contributed by atoms with Crippen molar-refractivity contribution in [2.75, 3.05) is 18.0 Å². The van der Waals surface area contributed by atoms with Gasteiger partial charge in [-0.2, -0.15) is 0 Å².